The summed E-state index contributed by atoms with van der Waals surface area (Å²) in [5.41, 5.74) is 13.3. The van der Waals surface area contributed by atoms with Crippen LogP contribution in [0.2, 0.25) is 0 Å². The molecule has 252 valence electrons. The van der Waals surface area contributed by atoms with E-state index >= 15 is 0 Å². The summed E-state index contributed by atoms with van der Waals surface area (Å²) in [5.74, 6) is 2.26. The van der Waals surface area contributed by atoms with Gasteiger partial charge in [-0.3, -0.25) is 9.13 Å². The summed E-state index contributed by atoms with van der Waals surface area (Å²) in [7, 11) is 0. The normalized spacial score (nSPS) is 13.7. The van der Waals surface area contributed by atoms with Gasteiger partial charge >= 0.3 is 0 Å². The number of aryl methyl sites for hydroxylation is 1. The predicted octanol–water partition coefficient (Wildman–Crippen LogP) is 11.4. The lowest BCUT2D eigenvalue weighted by Crippen LogP contribution is -2.17. The highest BCUT2D eigenvalue weighted by atomic mass is 15.1. The summed E-state index contributed by atoms with van der Waals surface area (Å²) in [6, 6.07) is 55.8. The van der Waals surface area contributed by atoms with Crippen LogP contribution in [0, 0.1) is 12.8 Å². The Morgan fingerprint density at radius 2 is 1.23 bits per heavy atom. The van der Waals surface area contributed by atoms with E-state index in [1.54, 1.807) is 0 Å². The number of nitrogens with zero attached hydrogens (tertiary/aromatic N) is 5. The molecule has 0 bridgehead atoms. The van der Waals surface area contributed by atoms with Gasteiger partial charge in [-0.2, -0.15) is 0 Å². The Morgan fingerprint density at radius 1 is 0.635 bits per heavy atom. The summed E-state index contributed by atoms with van der Waals surface area (Å²) < 4.78 is 4.62. The molecule has 9 rings (SSSR count). The molecule has 1 atom stereocenters. The number of hydrogen-bond donors (Lipinski definition) is 0. The van der Waals surface area contributed by atoms with E-state index in [0.717, 1.165) is 74.2 Å². The lowest BCUT2D eigenvalue weighted by atomic mass is 9.98. The van der Waals surface area contributed by atoms with Crippen molar-refractivity contribution >= 4 is 28.5 Å². The standard InChI is InChI=1S/C47H39N5/c1-33-26-27-45-42(28-33)49-47(52(45)40-21-10-5-11-22-40)37-30-35(32-50(38-17-6-3-7-18-38)43-24-14-12-16-34(43)2)29-36(31-37)46-48-41-23-13-15-25-44(41)51(46)39-19-8-4-9-20-39/h3-27,29-31,33H,28,32H2,1-2H3. The van der Waals surface area contributed by atoms with Gasteiger partial charge in [-0.15, -0.1) is 0 Å². The van der Waals surface area contributed by atoms with Crippen molar-refractivity contribution in [2.45, 2.75) is 26.8 Å². The molecule has 5 heteroatoms. The Bertz CT molecular complexity index is 2540. The van der Waals surface area contributed by atoms with E-state index in [-0.39, 0.29) is 0 Å². The summed E-state index contributed by atoms with van der Waals surface area (Å²) in [6.07, 6.45) is 5.46. The van der Waals surface area contributed by atoms with Gasteiger partial charge in [0.2, 0.25) is 0 Å². The average Bonchev–Trinajstić information content (AvgIpc) is 3.77. The van der Waals surface area contributed by atoms with Crippen LogP contribution in [0.1, 0.15) is 29.4 Å². The Kier molecular flexibility index (Phi) is 8.09. The molecule has 1 aliphatic carbocycles. The second-order valence-electron chi connectivity index (χ2n) is 13.7. The minimum absolute atomic E-state index is 0.431. The van der Waals surface area contributed by atoms with E-state index in [9.17, 15) is 0 Å². The number of allylic oxidation sites excluding steroid dienone is 1. The first kappa shape index (κ1) is 31.5. The molecule has 1 unspecified atom stereocenters. The molecule has 0 amide bonds. The fourth-order valence-electron chi connectivity index (χ4n) is 7.53. The molecule has 0 N–H and O–H groups in total. The van der Waals surface area contributed by atoms with Crippen molar-refractivity contribution in [1.82, 2.24) is 19.1 Å². The van der Waals surface area contributed by atoms with Gasteiger partial charge in [-0.1, -0.05) is 97.9 Å². The van der Waals surface area contributed by atoms with E-state index in [1.807, 2.05) is 0 Å². The number of fused-ring (bicyclic) bond motifs is 2. The topological polar surface area (TPSA) is 38.9 Å². The third-order valence-corrected chi connectivity index (χ3v) is 10.0. The van der Waals surface area contributed by atoms with Crippen molar-refractivity contribution in [2.75, 3.05) is 4.90 Å². The first-order chi connectivity index (χ1) is 25.6. The minimum atomic E-state index is 0.431. The van der Waals surface area contributed by atoms with E-state index in [1.165, 1.54) is 11.3 Å². The molecular formula is C47H39N5. The third kappa shape index (κ3) is 5.80. The third-order valence-electron chi connectivity index (χ3n) is 10.0. The molecule has 0 aliphatic heterocycles. The zero-order chi connectivity index (χ0) is 35.0. The molecule has 8 aromatic rings. The minimum Gasteiger partial charge on any atom is -0.337 e. The number of rotatable bonds is 8. The highest BCUT2D eigenvalue weighted by Gasteiger charge is 2.24. The number of hydrogen-bond acceptors (Lipinski definition) is 3. The number of imidazole rings is 2. The molecule has 1 aliphatic rings. The molecule has 5 nitrogen and oxygen atoms in total. The van der Waals surface area contributed by atoms with Crippen LogP contribution in [-0.4, -0.2) is 19.1 Å². The Morgan fingerprint density at radius 3 is 1.94 bits per heavy atom. The van der Waals surface area contributed by atoms with Gasteiger partial charge in [-0.25, -0.2) is 9.97 Å². The zero-order valence-electron chi connectivity index (χ0n) is 29.4. The Hall–Kier alpha value is -6.46. The van der Waals surface area contributed by atoms with Crippen molar-refractivity contribution in [1.29, 1.82) is 0 Å². The van der Waals surface area contributed by atoms with Gasteiger partial charge in [0.15, 0.2) is 0 Å². The SMILES string of the molecule is Cc1ccccc1N(Cc1cc(-c2nc3c(n2-c2ccccc2)C=CC(C)C3)cc(-c2nc3ccccc3n2-c2ccccc2)c1)c1ccccc1. The first-order valence-electron chi connectivity index (χ1n) is 18.0. The molecule has 2 heterocycles. The first-order valence-corrected chi connectivity index (χ1v) is 18.0. The summed E-state index contributed by atoms with van der Waals surface area (Å²) in [5, 5.41) is 0. The van der Waals surface area contributed by atoms with Crippen LogP contribution in [0.15, 0.2) is 164 Å². The van der Waals surface area contributed by atoms with Gasteiger partial charge < -0.3 is 4.90 Å². The van der Waals surface area contributed by atoms with Crippen LogP contribution in [0.25, 0.3) is 51.3 Å². The Balaban J connectivity index is 1.30. The summed E-state index contributed by atoms with van der Waals surface area (Å²) in [6.45, 7) is 5.10. The predicted molar refractivity (Wildman–Crippen MR) is 214 cm³/mol. The number of aromatic nitrogens is 4. The van der Waals surface area contributed by atoms with Crippen LogP contribution < -0.4 is 4.90 Å². The largest absolute Gasteiger partial charge is 0.337 e. The maximum Gasteiger partial charge on any atom is 0.145 e. The van der Waals surface area contributed by atoms with E-state index in [4.69, 9.17) is 9.97 Å². The van der Waals surface area contributed by atoms with Gasteiger partial charge in [-0.05, 0) is 109 Å². The van der Waals surface area contributed by atoms with Gasteiger partial charge in [0.05, 0.1) is 22.4 Å². The zero-order valence-corrected chi connectivity index (χ0v) is 29.4. The van der Waals surface area contributed by atoms with Crippen LogP contribution >= 0.6 is 0 Å². The molecule has 0 spiro atoms. The van der Waals surface area contributed by atoms with E-state index in [2.05, 4.69) is 198 Å². The van der Waals surface area contributed by atoms with Crippen molar-refractivity contribution in [3.8, 4) is 34.2 Å². The monoisotopic (exact) mass is 673 g/mol. The van der Waals surface area contributed by atoms with Crippen molar-refractivity contribution in [2.24, 2.45) is 5.92 Å². The molecular weight excluding hydrogens is 635 g/mol. The molecule has 0 saturated carbocycles. The lowest BCUT2D eigenvalue weighted by Gasteiger charge is -2.27. The second kappa shape index (κ2) is 13.3. The maximum absolute atomic E-state index is 5.43. The highest BCUT2D eigenvalue weighted by molar-refractivity contribution is 5.84. The van der Waals surface area contributed by atoms with Crippen LogP contribution in [-0.2, 0) is 13.0 Å². The molecule has 0 radical (unpaired) electrons. The van der Waals surface area contributed by atoms with Crippen LogP contribution in [0.4, 0.5) is 11.4 Å². The Labute approximate surface area is 304 Å². The molecule has 0 fully saturated rings. The van der Waals surface area contributed by atoms with Gasteiger partial charge in [0.25, 0.3) is 0 Å². The summed E-state index contributed by atoms with van der Waals surface area (Å²) >= 11 is 0. The van der Waals surface area contributed by atoms with Crippen LogP contribution in [0.3, 0.4) is 0 Å². The van der Waals surface area contributed by atoms with E-state index in [0.29, 0.717) is 12.5 Å². The fourth-order valence-corrected chi connectivity index (χ4v) is 7.53. The molecule has 2 aromatic heterocycles. The van der Waals surface area contributed by atoms with Crippen molar-refractivity contribution < 1.29 is 0 Å². The molecule has 0 saturated heterocycles. The van der Waals surface area contributed by atoms with Gasteiger partial charge in [0.1, 0.15) is 11.6 Å². The maximum atomic E-state index is 5.43. The molecule has 6 aromatic carbocycles. The quantitative estimate of drug-likeness (QED) is 0.161. The lowest BCUT2D eigenvalue weighted by molar-refractivity contribution is 0.702. The number of anilines is 2. The fraction of sp³-hybridized carbons (Fsp3) is 0.106. The number of para-hydroxylation sites is 6. The van der Waals surface area contributed by atoms with Crippen LogP contribution in [0.5, 0.6) is 0 Å². The average molecular weight is 674 g/mol. The van der Waals surface area contributed by atoms with Gasteiger partial charge in [0, 0.05) is 40.4 Å². The van der Waals surface area contributed by atoms with E-state index < -0.39 is 0 Å². The summed E-state index contributed by atoms with van der Waals surface area (Å²) in [4.78, 5) is 13.2. The van der Waals surface area contributed by atoms with Crippen molar-refractivity contribution in [3.63, 3.8) is 0 Å². The highest BCUT2D eigenvalue weighted by Crippen LogP contribution is 2.38. The smallest absolute Gasteiger partial charge is 0.145 e. The molecule has 52 heavy (non-hydrogen) atoms. The number of benzene rings is 6. The second-order valence-corrected chi connectivity index (χ2v) is 13.7. The van der Waals surface area contributed by atoms with Crippen molar-refractivity contribution in [3.05, 3.63) is 186 Å².